The van der Waals surface area contributed by atoms with Crippen molar-refractivity contribution >= 4 is 28.9 Å². The van der Waals surface area contributed by atoms with Gasteiger partial charge in [-0.1, -0.05) is 49.2 Å². The van der Waals surface area contributed by atoms with Gasteiger partial charge in [0.15, 0.2) is 0 Å². The van der Waals surface area contributed by atoms with Crippen LogP contribution < -0.4 is 5.32 Å². The molecule has 0 radical (unpaired) electrons. The zero-order valence-electron chi connectivity index (χ0n) is 11.1. The molecule has 0 saturated heterocycles. The summed E-state index contributed by atoms with van der Waals surface area (Å²) in [5.41, 5.74) is 3.42. The van der Waals surface area contributed by atoms with E-state index in [4.69, 9.17) is 23.2 Å². The van der Waals surface area contributed by atoms with E-state index in [9.17, 15) is 0 Å². The summed E-state index contributed by atoms with van der Waals surface area (Å²) >= 11 is 12.1. The van der Waals surface area contributed by atoms with Crippen LogP contribution in [0.1, 0.15) is 30.9 Å². The molecule has 2 aromatic carbocycles. The minimum atomic E-state index is 0.525. The first-order chi connectivity index (χ1) is 9.06. The molecule has 0 spiro atoms. The van der Waals surface area contributed by atoms with Gasteiger partial charge >= 0.3 is 0 Å². The molecule has 19 heavy (non-hydrogen) atoms. The molecule has 0 fully saturated rings. The van der Waals surface area contributed by atoms with Crippen LogP contribution in [-0.4, -0.2) is 0 Å². The van der Waals surface area contributed by atoms with Crippen LogP contribution in [0.2, 0.25) is 10.0 Å². The maximum atomic E-state index is 6.15. The highest BCUT2D eigenvalue weighted by molar-refractivity contribution is 6.33. The molecule has 0 atom stereocenters. The maximum Gasteiger partial charge on any atom is 0.0456 e. The Morgan fingerprint density at radius 3 is 2.58 bits per heavy atom. The fourth-order valence-electron chi connectivity index (χ4n) is 1.88. The number of benzene rings is 2. The minimum Gasteiger partial charge on any atom is -0.381 e. The monoisotopic (exact) mass is 293 g/mol. The molecule has 3 heteroatoms. The maximum absolute atomic E-state index is 6.15. The van der Waals surface area contributed by atoms with Crippen molar-refractivity contribution in [3.8, 4) is 0 Å². The van der Waals surface area contributed by atoms with Crippen LogP contribution in [0.5, 0.6) is 0 Å². The zero-order chi connectivity index (χ0) is 13.8. The van der Waals surface area contributed by atoms with Crippen molar-refractivity contribution in [3.63, 3.8) is 0 Å². The number of anilines is 1. The molecular formula is C16H17Cl2N. The zero-order valence-corrected chi connectivity index (χ0v) is 12.6. The summed E-state index contributed by atoms with van der Waals surface area (Å²) in [6.07, 6.45) is 0. The van der Waals surface area contributed by atoms with E-state index in [0.29, 0.717) is 17.5 Å². The molecule has 0 aliphatic heterocycles. The largest absolute Gasteiger partial charge is 0.381 e. The fraction of sp³-hybridized carbons (Fsp3) is 0.250. The Morgan fingerprint density at radius 1 is 1.05 bits per heavy atom. The van der Waals surface area contributed by atoms with Crippen molar-refractivity contribution in [2.45, 2.75) is 26.3 Å². The summed E-state index contributed by atoms with van der Waals surface area (Å²) < 4.78 is 0. The van der Waals surface area contributed by atoms with Crippen LogP contribution >= 0.6 is 23.2 Å². The number of nitrogens with one attached hydrogen (secondary N) is 1. The quantitative estimate of drug-likeness (QED) is 0.759. The van der Waals surface area contributed by atoms with E-state index in [1.807, 2.05) is 12.1 Å². The van der Waals surface area contributed by atoms with Gasteiger partial charge in [-0.3, -0.25) is 0 Å². The Balaban J connectivity index is 2.10. The van der Waals surface area contributed by atoms with Gasteiger partial charge in [0.2, 0.25) is 0 Å². The van der Waals surface area contributed by atoms with Gasteiger partial charge in [0.05, 0.1) is 0 Å². The second-order valence-corrected chi connectivity index (χ2v) is 5.71. The Morgan fingerprint density at radius 2 is 1.84 bits per heavy atom. The molecule has 0 amide bonds. The lowest BCUT2D eigenvalue weighted by atomic mass is 10.0. The Kier molecular flexibility index (Phi) is 4.73. The fourth-order valence-corrected chi connectivity index (χ4v) is 2.26. The summed E-state index contributed by atoms with van der Waals surface area (Å²) in [5, 5.41) is 4.82. The first-order valence-corrected chi connectivity index (χ1v) is 7.09. The van der Waals surface area contributed by atoms with Crippen LogP contribution in [-0.2, 0) is 6.54 Å². The summed E-state index contributed by atoms with van der Waals surface area (Å²) in [5.74, 6) is 0.525. The Bertz CT molecular complexity index is 564. The van der Waals surface area contributed by atoms with Gasteiger partial charge in [-0.2, -0.15) is 0 Å². The van der Waals surface area contributed by atoms with Crippen molar-refractivity contribution in [3.05, 3.63) is 63.6 Å². The lowest BCUT2D eigenvalue weighted by Gasteiger charge is -2.11. The van der Waals surface area contributed by atoms with Gasteiger partial charge in [-0.05, 0) is 47.4 Å². The molecule has 0 aromatic heterocycles. The van der Waals surface area contributed by atoms with E-state index < -0.39 is 0 Å². The average Bonchev–Trinajstić information content (AvgIpc) is 2.40. The SMILES string of the molecule is CC(C)c1cccc(NCc2cc(Cl)ccc2Cl)c1. The Labute approximate surface area is 124 Å². The number of rotatable bonds is 4. The van der Waals surface area contributed by atoms with Gasteiger partial charge in [0.1, 0.15) is 0 Å². The van der Waals surface area contributed by atoms with Crippen LogP contribution in [0.15, 0.2) is 42.5 Å². The topological polar surface area (TPSA) is 12.0 Å². The third-order valence-electron chi connectivity index (χ3n) is 3.04. The number of halogens is 2. The lowest BCUT2D eigenvalue weighted by molar-refractivity contribution is 0.866. The normalized spacial score (nSPS) is 10.8. The standard InChI is InChI=1S/C16H17Cl2N/c1-11(2)12-4-3-5-15(9-12)19-10-13-8-14(17)6-7-16(13)18/h3-9,11,19H,10H2,1-2H3. The van der Waals surface area contributed by atoms with Gasteiger partial charge in [0, 0.05) is 22.3 Å². The number of hydrogen-bond acceptors (Lipinski definition) is 1. The van der Waals surface area contributed by atoms with Crippen LogP contribution in [0, 0.1) is 0 Å². The summed E-state index contributed by atoms with van der Waals surface area (Å²) in [6, 6.07) is 14.0. The number of hydrogen-bond donors (Lipinski definition) is 1. The second kappa shape index (κ2) is 6.31. The predicted octanol–water partition coefficient (Wildman–Crippen LogP) is 5.73. The first-order valence-electron chi connectivity index (χ1n) is 6.34. The van der Waals surface area contributed by atoms with E-state index in [1.54, 1.807) is 6.07 Å². The van der Waals surface area contributed by atoms with Crippen molar-refractivity contribution in [1.29, 1.82) is 0 Å². The van der Waals surface area contributed by atoms with Gasteiger partial charge < -0.3 is 5.32 Å². The summed E-state index contributed by atoms with van der Waals surface area (Å²) in [4.78, 5) is 0. The first kappa shape index (κ1) is 14.2. The molecule has 2 aromatic rings. The van der Waals surface area contributed by atoms with E-state index >= 15 is 0 Å². The molecule has 0 unspecified atom stereocenters. The smallest absolute Gasteiger partial charge is 0.0456 e. The minimum absolute atomic E-state index is 0.525. The highest BCUT2D eigenvalue weighted by Crippen LogP contribution is 2.23. The molecule has 1 N–H and O–H groups in total. The average molecular weight is 294 g/mol. The third kappa shape index (κ3) is 3.89. The molecule has 100 valence electrons. The van der Waals surface area contributed by atoms with Crippen molar-refractivity contribution < 1.29 is 0 Å². The molecule has 1 nitrogen and oxygen atoms in total. The highest BCUT2D eigenvalue weighted by Gasteiger charge is 2.03. The Hall–Kier alpha value is -1.18. The van der Waals surface area contributed by atoms with Crippen molar-refractivity contribution in [2.24, 2.45) is 0 Å². The van der Waals surface area contributed by atoms with Crippen LogP contribution in [0.4, 0.5) is 5.69 Å². The predicted molar refractivity (Wildman–Crippen MR) is 84.3 cm³/mol. The summed E-state index contributed by atoms with van der Waals surface area (Å²) in [6.45, 7) is 5.04. The third-order valence-corrected chi connectivity index (χ3v) is 3.65. The van der Waals surface area contributed by atoms with Crippen LogP contribution in [0.3, 0.4) is 0 Å². The van der Waals surface area contributed by atoms with Gasteiger partial charge in [-0.25, -0.2) is 0 Å². The van der Waals surface area contributed by atoms with E-state index in [0.717, 1.165) is 16.3 Å². The molecular weight excluding hydrogens is 277 g/mol. The molecule has 0 bridgehead atoms. The molecule has 0 aliphatic rings. The molecule has 0 heterocycles. The molecule has 0 aliphatic carbocycles. The lowest BCUT2D eigenvalue weighted by Crippen LogP contribution is -2.01. The highest BCUT2D eigenvalue weighted by atomic mass is 35.5. The summed E-state index contributed by atoms with van der Waals surface area (Å²) in [7, 11) is 0. The van der Waals surface area contributed by atoms with E-state index in [2.05, 4.69) is 43.4 Å². The van der Waals surface area contributed by atoms with Crippen molar-refractivity contribution in [1.82, 2.24) is 0 Å². The van der Waals surface area contributed by atoms with Crippen molar-refractivity contribution in [2.75, 3.05) is 5.32 Å². The molecule has 0 saturated carbocycles. The van der Waals surface area contributed by atoms with Crippen LogP contribution in [0.25, 0.3) is 0 Å². The van der Waals surface area contributed by atoms with Gasteiger partial charge in [-0.15, -0.1) is 0 Å². The van der Waals surface area contributed by atoms with E-state index in [1.165, 1.54) is 5.56 Å². The molecule has 2 rings (SSSR count). The second-order valence-electron chi connectivity index (χ2n) is 4.87. The van der Waals surface area contributed by atoms with Gasteiger partial charge in [0.25, 0.3) is 0 Å². The van der Waals surface area contributed by atoms with E-state index in [-0.39, 0.29) is 0 Å².